The van der Waals surface area contributed by atoms with E-state index in [1.807, 2.05) is 24.3 Å². The summed E-state index contributed by atoms with van der Waals surface area (Å²) in [6.45, 7) is 3.08. The van der Waals surface area contributed by atoms with Crippen LogP contribution >= 0.6 is 23.2 Å². The molecule has 0 aliphatic heterocycles. The minimum atomic E-state index is 0.144. The van der Waals surface area contributed by atoms with Crippen LogP contribution in [0.15, 0.2) is 42.7 Å². The number of pyridine rings is 1. The topological polar surface area (TPSA) is 24.9 Å². The second kappa shape index (κ2) is 7.63. The van der Waals surface area contributed by atoms with Crippen molar-refractivity contribution in [2.24, 2.45) is 0 Å². The molecule has 1 aromatic carbocycles. The third-order valence-electron chi connectivity index (χ3n) is 3.20. The molecule has 0 aliphatic carbocycles. The fraction of sp³-hybridized carbons (Fsp3) is 0.312. The van der Waals surface area contributed by atoms with Crippen LogP contribution in [0.25, 0.3) is 0 Å². The predicted molar refractivity (Wildman–Crippen MR) is 85.4 cm³/mol. The van der Waals surface area contributed by atoms with Crippen LogP contribution in [0.5, 0.6) is 0 Å². The van der Waals surface area contributed by atoms with Crippen molar-refractivity contribution in [3.63, 3.8) is 0 Å². The zero-order valence-corrected chi connectivity index (χ0v) is 13.0. The van der Waals surface area contributed by atoms with Crippen LogP contribution in [0.2, 0.25) is 10.0 Å². The SMILES string of the molecule is CCCNC(Cc1ccccc1Cl)c1ccncc1Cl. The summed E-state index contributed by atoms with van der Waals surface area (Å²) in [5, 5.41) is 5.01. The number of nitrogens with one attached hydrogen (secondary N) is 1. The third kappa shape index (κ3) is 3.95. The quantitative estimate of drug-likeness (QED) is 0.838. The number of nitrogens with zero attached hydrogens (tertiary/aromatic N) is 1. The van der Waals surface area contributed by atoms with Crippen LogP contribution < -0.4 is 5.32 Å². The molecule has 4 heteroatoms. The van der Waals surface area contributed by atoms with Crippen molar-refractivity contribution >= 4 is 23.2 Å². The minimum Gasteiger partial charge on any atom is -0.310 e. The molecule has 1 N–H and O–H groups in total. The van der Waals surface area contributed by atoms with Gasteiger partial charge in [-0.15, -0.1) is 0 Å². The number of rotatable bonds is 6. The zero-order valence-electron chi connectivity index (χ0n) is 11.4. The molecular weight excluding hydrogens is 291 g/mol. The first-order chi connectivity index (χ1) is 9.72. The van der Waals surface area contributed by atoms with Gasteiger partial charge in [0.25, 0.3) is 0 Å². The third-order valence-corrected chi connectivity index (χ3v) is 3.89. The maximum atomic E-state index is 6.27. The highest BCUT2D eigenvalue weighted by molar-refractivity contribution is 6.31. The van der Waals surface area contributed by atoms with Gasteiger partial charge in [0.05, 0.1) is 5.02 Å². The molecule has 0 saturated heterocycles. The lowest BCUT2D eigenvalue weighted by atomic mass is 9.99. The Kier molecular flexibility index (Phi) is 5.84. The molecule has 1 atom stereocenters. The summed E-state index contributed by atoms with van der Waals surface area (Å²) in [5.41, 5.74) is 2.19. The van der Waals surface area contributed by atoms with E-state index < -0.39 is 0 Å². The molecule has 0 fully saturated rings. The Hall–Kier alpha value is -1.09. The van der Waals surface area contributed by atoms with Gasteiger partial charge in [-0.05, 0) is 42.6 Å². The molecule has 0 spiro atoms. The molecule has 1 aromatic heterocycles. The fourth-order valence-electron chi connectivity index (χ4n) is 2.16. The normalized spacial score (nSPS) is 12.3. The number of halogens is 2. The van der Waals surface area contributed by atoms with Crippen LogP contribution in [0, 0.1) is 0 Å². The highest BCUT2D eigenvalue weighted by Gasteiger charge is 2.15. The van der Waals surface area contributed by atoms with Crippen molar-refractivity contribution in [2.75, 3.05) is 6.54 Å². The average molecular weight is 309 g/mol. The van der Waals surface area contributed by atoms with E-state index in [0.29, 0.717) is 5.02 Å². The van der Waals surface area contributed by atoms with Gasteiger partial charge in [0.1, 0.15) is 0 Å². The first kappa shape index (κ1) is 15.3. The van der Waals surface area contributed by atoms with Gasteiger partial charge in [-0.3, -0.25) is 4.98 Å². The Morgan fingerprint density at radius 1 is 1.15 bits per heavy atom. The largest absolute Gasteiger partial charge is 0.310 e. The average Bonchev–Trinajstić information content (AvgIpc) is 2.46. The zero-order chi connectivity index (χ0) is 14.4. The number of benzene rings is 1. The molecule has 1 heterocycles. The summed E-state index contributed by atoms with van der Waals surface area (Å²) in [4.78, 5) is 4.05. The lowest BCUT2D eigenvalue weighted by Crippen LogP contribution is -2.24. The first-order valence-corrected chi connectivity index (χ1v) is 7.54. The first-order valence-electron chi connectivity index (χ1n) is 6.78. The van der Waals surface area contributed by atoms with Crippen molar-refractivity contribution in [2.45, 2.75) is 25.8 Å². The maximum absolute atomic E-state index is 6.27. The van der Waals surface area contributed by atoms with Crippen LogP contribution in [0.4, 0.5) is 0 Å². The van der Waals surface area contributed by atoms with Gasteiger partial charge in [-0.1, -0.05) is 48.3 Å². The van der Waals surface area contributed by atoms with E-state index in [1.54, 1.807) is 12.4 Å². The molecule has 0 saturated carbocycles. The van der Waals surface area contributed by atoms with Crippen molar-refractivity contribution < 1.29 is 0 Å². The summed E-state index contributed by atoms with van der Waals surface area (Å²) < 4.78 is 0. The van der Waals surface area contributed by atoms with Gasteiger partial charge in [0.2, 0.25) is 0 Å². The molecule has 2 nitrogen and oxygen atoms in total. The molecule has 0 amide bonds. The molecular formula is C16H18Cl2N2. The van der Waals surface area contributed by atoms with Crippen LogP contribution in [0.1, 0.15) is 30.5 Å². The molecule has 2 aromatic rings. The summed E-state index contributed by atoms with van der Waals surface area (Å²) >= 11 is 12.5. The number of hydrogen-bond acceptors (Lipinski definition) is 2. The van der Waals surface area contributed by atoms with Crippen LogP contribution in [0.3, 0.4) is 0 Å². The van der Waals surface area contributed by atoms with Gasteiger partial charge in [0.15, 0.2) is 0 Å². The second-order valence-electron chi connectivity index (χ2n) is 4.70. The fourth-order valence-corrected chi connectivity index (χ4v) is 2.63. The summed E-state index contributed by atoms with van der Waals surface area (Å²) in [5.74, 6) is 0. The molecule has 20 heavy (non-hydrogen) atoms. The predicted octanol–water partition coefficient (Wildman–Crippen LogP) is 4.67. The molecule has 1 unspecified atom stereocenters. The summed E-state index contributed by atoms with van der Waals surface area (Å²) in [7, 11) is 0. The molecule has 0 aliphatic rings. The van der Waals surface area contributed by atoms with Crippen molar-refractivity contribution in [3.05, 3.63) is 63.9 Å². The Morgan fingerprint density at radius 2 is 1.95 bits per heavy atom. The lowest BCUT2D eigenvalue weighted by molar-refractivity contribution is 0.529. The van der Waals surface area contributed by atoms with Gasteiger partial charge >= 0.3 is 0 Å². The molecule has 2 rings (SSSR count). The summed E-state index contributed by atoms with van der Waals surface area (Å²) in [6, 6.07) is 10.0. The molecule has 0 radical (unpaired) electrons. The van der Waals surface area contributed by atoms with Gasteiger partial charge < -0.3 is 5.32 Å². The smallest absolute Gasteiger partial charge is 0.0637 e. The Bertz CT molecular complexity index is 558. The van der Waals surface area contributed by atoms with E-state index in [4.69, 9.17) is 23.2 Å². The number of hydrogen-bond donors (Lipinski definition) is 1. The standard InChI is InChI=1S/C16H18Cl2N2/c1-2-8-20-16(13-7-9-19-11-15(13)18)10-12-5-3-4-6-14(12)17/h3-7,9,11,16,20H,2,8,10H2,1H3. The minimum absolute atomic E-state index is 0.144. The summed E-state index contributed by atoms with van der Waals surface area (Å²) in [6.07, 6.45) is 5.34. The Morgan fingerprint density at radius 3 is 2.65 bits per heavy atom. The maximum Gasteiger partial charge on any atom is 0.0637 e. The van der Waals surface area contributed by atoms with E-state index >= 15 is 0 Å². The van der Waals surface area contributed by atoms with E-state index in [1.165, 1.54) is 0 Å². The van der Waals surface area contributed by atoms with Crippen LogP contribution in [-0.4, -0.2) is 11.5 Å². The monoisotopic (exact) mass is 308 g/mol. The van der Waals surface area contributed by atoms with Gasteiger partial charge in [-0.2, -0.15) is 0 Å². The Balaban J connectivity index is 2.24. The van der Waals surface area contributed by atoms with E-state index in [9.17, 15) is 0 Å². The van der Waals surface area contributed by atoms with Crippen molar-refractivity contribution in [1.82, 2.24) is 10.3 Å². The van der Waals surface area contributed by atoms with Gasteiger partial charge in [-0.25, -0.2) is 0 Å². The molecule has 0 bridgehead atoms. The van der Waals surface area contributed by atoms with E-state index in [0.717, 1.165) is 35.5 Å². The molecule has 106 valence electrons. The van der Waals surface area contributed by atoms with Crippen molar-refractivity contribution in [3.8, 4) is 0 Å². The highest BCUT2D eigenvalue weighted by atomic mass is 35.5. The Labute approximate surface area is 130 Å². The second-order valence-corrected chi connectivity index (χ2v) is 5.51. The highest BCUT2D eigenvalue weighted by Crippen LogP contribution is 2.27. The number of aromatic nitrogens is 1. The van der Waals surface area contributed by atoms with Gasteiger partial charge in [0, 0.05) is 23.5 Å². The van der Waals surface area contributed by atoms with E-state index in [2.05, 4.69) is 23.3 Å². The lowest BCUT2D eigenvalue weighted by Gasteiger charge is -2.20. The van der Waals surface area contributed by atoms with Crippen molar-refractivity contribution in [1.29, 1.82) is 0 Å². The van der Waals surface area contributed by atoms with E-state index in [-0.39, 0.29) is 6.04 Å². The van der Waals surface area contributed by atoms with Crippen LogP contribution in [-0.2, 0) is 6.42 Å².